The number of hydrogen-bond acceptors (Lipinski definition) is 1. The summed E-state index contributed by atoms with van der Waals surface area (Å²) in [5.74, 6) is 1.47. The average molecular weight is 224 g/mol. The van der Waals surface area contributed by atoms with Gasteiger partial charge in [-0.2, -0.15) is 0 Å². The first-order chi connectivity index (χ1) is 7.40. The Bertz CT molecular complexity index is 305. The van der Waals surface area contributed by atoms with Crippen LogP contribution in [-0.4, -0.2) is 19.0 Å². The Kier molecular flexibility index (Phi) is 4.04. The Morgan fingerprint density at radius 1 is 1.27 bits per heavy atom. The van der Waals surface area contributed by atoms with Crippen LogP contribution in [0, 0.1) is 0 Å². The van der Waals surface area contributed by atoms with Crippen LogP contribution in [0.4, 0.5) is 0 Å². The van der Waals surface area contributed by atoms with E-state index >= 15 is 0 Å². The third kappa shape index (κ3) is 2.96. The molecule has 1 aromatic carbocycles. The van der Waals surface area contributed by atoms with Gasteiger partial charge in [-0.05, 0) is 49.4 Å². The summed E-state index contributed by atoms with van der Waals surface area (Å²) < 4.78 is 0. The summed E-state index contributed by atoms with van der Waals surface area (Å²) in [5.41, 5.74) is 2.88. The molecule has 1 fully saturated rings. The second-order valence-electron chi connectivity index (χ2n) is 4.21. The van der Waals surface area contributed by atoms with E-state index < -0.39 is 0 Å². The van der Waals surface area contributed by atoms with Gasteiger partial charge in [-0.15, -0.1) is 11.6 Å². The molecule has 1 N–H and O–H groups in total. The van der Waals surface area contributed by atoms with Crippen molar-refractivity contribution in [2.24, 2.45) is 0 Å². The van der Waals surface area contributed by atoms with E-state index in [1.54, 1.807) is 0 Å². The third-order valence-corrected chi connectivity index (χ3v) is 3.33. The number of hydrogen-bond donors (Lipinski definition) is 1. The average Bonchev–Trinajstić information content (AvgIpc) is 2.31. The van der Waals surface area contributed by atoms with Gasteiger partial charge < -0.3 is 5.32 Å². The van der Waals surface area contributed by atoms with E-state index in [2.05, 4.69) is 29.6 Å². The summed E-state index contributed by atoms with van der Waals surface area (Å²) >= 11 is 5.76. The molecule has 1 aliphatic heterocycles. The zero-order valence-corrected chi connectivity index (χ0v) is 9.76. The highest BCUT2D eigenvalue weighted by molar-refractivity contribution is 6.17. The lowest BCUT2D eigenvalue weighted by atomic mass is 9.89. The minimum Gasteiger partial charge on any atom is -0.317 e. The second-order valence-corrected chi connectivity index (χ2v) is 4.59. The largest absolute Gasteiger partial charge is 0.317 e. The molecule has 2 heteroatoms. The van der Waals surface area contributed by atoms with E-state index in [1.165, 1.54) is 24.0 Å². The van der Waals surface area contributed by atoms with Crippen molar-refractivity contribution in [1.29, 1.82) is 0 Å². The van der Waals surface area contributed by atoms with Gasteiger partial charge in [0.15, 0.2) is 0 Å². The molecular weight excluding hydrogens is 206 g/mol. The molecule has 1 saturated heterocycles. The molecule has 0 amide bonds. The zero-order chi connectivity index (χ0) is 10.5. The van der Waals surface area contributed by atoms with Gasteiger partial charge in [0, 0.05) is 5.88 Å². The van der Waals surface area contributed by atoms with Crippen molar-refractivity contribution < 1.29 is 0 Å². The summed E-state index contributed by atoms with van der Waals surface area (Å²) in [6.07, 6.45) is 3.52. The van der Waals surface area contributed by atoms with Crippen LogP contribution in [0.15, 0.2) is 24.3 Å². The van der Waals surface area contributed by atoms with Gasteiger partial charge in [-0.1, -0.05) is 24.3 Å². The summed E-state index contributed by atoms with van der Waals surface area (Å²) in [7, 11) is 0. The van der Waals surface area contributed by atoms with Crippen molar-refractivity contribution in [3.63, 3.8) is 0 Å². The van der Waals surface area contributed by atoms with Crippen LogP contribution in [0.5, 0.6) is 0 Å². The maximum atomic E-state index is 5.76. The molecule has 0 atom stereocenters. The SMILES string of the molecule is ClCCc1cccc(C2CCNCC2)c1. The molecule has 0 aromatic heterocycles. The third-order valence-electron chi connectivity index (χ3n) is 3.14. The van der Waals surface area contributed by atoms with Crippen molar-refractivity contribution in [2.45, 2.75) is 25.2 Å². The van der Waals surface area contributed by atoms with E-state index in [9.17, 15) is 0 Å². The highest BCUT2D eigenvalue weighted by Crippen LogP contribution is 2.25. The molecule has 0 unspecified atom stereocenters. The van der Waals surface area contributed by atoms with Crippen LogP contribution in [0.2, 0.25) is 0 Å². The number of alkyl halides is 1. The molecule has 0 bridgehead atoms. The standard InChI is InChI=1S/C13H18ClN/c14-7-4-11-2-1-3-13(10-11)12-5-8-15-9-6-12/h1-3,10,12,15H,4-9H2. The smallest absolute Gasteiger partial charge is 0.0263 e. The lowest BCUT2D eigenvalue weighted by Crippen LogP contribution is -2.26. The number of rotatable bonds is 3. The molecule has 0 radical (unpaired) electrons. The van der Waals surface area contributed by atoms with Gasteiger partial charge in [-0.3, -0.25) is 0 Å². The van der Waals surface area contributed by atoms with Crippen molar-refractivity contribution in [2.75, 3.05) is 19.0 Å². The number of nitrogens with one attached hydrogen (secondary N) is 1. The van der Waals surface area contributed by atoms with E-state index in [-0.39, 0.29) is 0 Å². The fourth-order valence-corrected chi connectivity index (χ4v) is 2.49. The maximum absolute atomic E-state index is 5.76. The van der Waals surface area contributed by atoms with Crippen molar-refractivity contribution >= 4 is 11.6 Å². The first-order valence-corrected chi connectivity index (χ1v) is 6.29. The number of benzene rings is 1. The Balaban J connectivity index is 2.09. The summed E-state index contributed by atoms with van der Waals surface area (Å²) in [6.45, 7) is 2.31. The fraction of sp³-hybridized carbons (Fsp3) is 0.538. The van der Waals surface area contributed by atoms with Gasteiger partial charge in [0.2, 0.25) is 0 Å². The Hall–Kier alpha value is -0.530. The molecule has 2 rings (SSSR count). The molecule has 0 aliphatic carbocycles. The lowest BCUT2D eigenvalue weighted by molar-refractivity contribution is 0.460. The number of halogens is 1. The predicted octanol–water partition coefficient (Wildman–Crippen LogP) is 2.93. The summed E-state index contributed by atoms with van der Waals surface area (Å²) in [6, 6.07) is 8.93. The van der Waals surface area contributed by atoms with Gasteiger partial charge in [0.25, 0.3) is 0 Å². The molecule has 1 heterocycles. The van der Waals surface area contributed by atoms with Crippen LogP contribution in [0.3, 0.4) is 0 Å². The van der Waals surface area contributed by atoms with Crippen LogP contribution in [-0.2, 0) is 6.42 Å². The van der Waals surface area contributed by atoms with Crippen molar-refractivity contribution in [3.05, 3.63) is 35.4 Å². The van der Waals surface area contributed by atoms with E-state index in [0.717, 1.165) is 31.3 Å². The Morgan fingerprint density at radius 3 is 2.80 bits per heavy atom. The quantitative estimate of drug-likeness (QED) is 0.778. The molecule has 0 saturated carbocycles. The van der Waals surface area contributed by atoms with E-state index in [0.29, 0.717) is 0 Å². The number of aryl methyl sites for hydroxylation is 1. The first kappa shape index (κ1) is 11.0. The molecule has 15 heavy (non-hydrogen) atoms. The Morgan fingerprint density at radius 2 is 2.07 bits per heavy atom. The van der Waals surface area contributed by atoms with Crippen molar-refractivity contribution in [3.8, 4) is 0 Å². The van der Waals surface area contributed by atoms with Gasteiger partial charge >= 0.3 is 0 Å². The minimum atomic E-state index is 0.718. The van der Waals surface area contributed by atoms with Crippen molar-refractivity contribution in [1.82, 2.24) is 5.32 Å². The molecule has 0 spiro atoms. The molecule has 1 nitrogen and oxygen atoms in total. The predicted molar refractivity (Wildman–Crippen MR) is 65.7 cm³/mol. The molecule has 1 aromatic rings. The fourth-order valence-electron chi connectivity index (χ4n) is 2.27. The van der Waals surface area contributed by atoms with E-state index in [1.807, 2.05) is 0 Å². The molecule has 1 aliphatic rings. The monoisotopic (exact) mass is 223 g/mol. The number of piperidine rings is 1. The molecule has 82 valence electrons. The topological polar surface area (TPSA) is 12.0 Å². The van der Waals surface area contributed by atoms with Gasteiger partial charge in [0.05, 0.1) is 0 Å². The first-order valence-electron chi connectivity index (χ1n) is 5.75. The van der Waals surface area contributed by atoms with Crippen LogP contribution >= 0.6 is 11.6 Å². The van der Waals surface area contributed by atoms with Gasteiger partial charge in [0.1, 0.15) is 0 Å². The Labute approximate surface area is 96.8 Å². The zero-order valence-electron chi connectivity index (χ0n) is 9.01. The maximum Gasteiger partial charge on any atom is 0.0263 e. The van der Waals surface area contributed by atoms with Crippen LogP contribution in [0.25, 0.3) is 0 Å². The highest BCUT2D eigenvalue weighted by Gasteiger charge is 2.14. The summed E-state index contributed by atoms with van der Waals surface area (Å²) in [5, 5.41) is 3.40. The summed E-state index contributed by atoms with van der Waals surface area (Å²) in [4.78, 5) is 0. The van der Waals surface area contributed by atoms with Crippen LogP contribution < -0.4 is 5.32 Å². The normalized spacial score (nSPS) is 17.9. The highest BCUT2D eigenvalue weighted by atomic mass is 35.5. The van der Waals surface area contributed by atoms with E-state index in [4.69, 9.17) is 11.6 Å². The molecular formula is C13H18ClN. The van der Waals surface area contributed by atoms with Gasteiger partial charge in [-0.25, -0.2) is 0 Å². The second kappa shape index (κ2) is 5.53. The van der Waals surface area contributed by atoms with Crippen LogP contribution in [0.1, 0.15) is 29.9 Å². The lowest BCUT2D eigenvalue weighted by Gasteiger charge is -2.23. The minimum absolute atomic E-state index is 0.718.